The molecular formula is C25H40NSiTi. The van der Waals surface area contributed by atoms with Gasteiger partial charge in [-0.1, -0.05) is 110 Å². The maximum absolute atomic E-state index is 5.52. The van der Waals surface area contributed by atoms with Crippen LogP contribution in [0.15, 0.2) is 42.5 Å². The molecular weight excluding hydrogens is 390 g/mol. The van der Waals surface area contributed by atoms with Crippen LogP contribution in [0.4, 0.5) is 0 Å². The number of benzene rings is 2. The van der Waals surface area contributed by atoms with Crippen LogP contribution in [0, 0.1) is 38.5 Å². The minimum absolute atomic E-state index is 0. The second-order valence-corrected chi connectivity index (χ2v) is 13.2. The van der Waals surface area contributed by atoms with Gasteiger partial charge in [0.05, 0.1) is 0 Å². The van der Waals surface area contributed by atoms with E-state index in [1.54, 1.807) is 0 Å². The molecule has 0 bridgehead atoms. The van der Waals surface area contributed by atoms with E-state index >= 15 is 0 Å². The van der Waals surface area contributed by atoms with Crippen LogP contribution in [0.2, 0.25) is 18.6 Å². The number of hydrogen-bond donors (Lipinski definition) is 0. The standard InChI is InChI=1S/C23H34NSi.2CH3.Ti/c1-15-16(2)18(4)23(17(15)3)25(6,7)24-19(5)21-14-10-12-20-11-8-9-13-22(20)21;;;/h8-19,23H,1-7H3;2*1H3;/q3*-1;+3/t15?,16?,17?,18?,19-,23?;;;/m1.../s1. The normalized spacial score (nSPS) is 28.0. The van der Waals surface area contributed by atoms with Gasteiger partial charge in [-0.2, -0.15) is 0 Å². The van der Waals surface area contributed by atoms with E-state index in [4.69, 9.17) is 4.98 Å². The van der Waals surface area contributed by atoms with Crippen molar-refractivity contribution < 1.29 is 21.7 Å². The van der Waals surface area contributed by atoms with Gasteiger partial charge in [-0.05, 0) is 34.4 Å². The molecule has 1 nitrogen and oxygen atoms in total. The van der Waals surface area contributed by atoms with Crippen molar-refractivity contribution in [2.24, 2.45) is 23.7 Å². The number of nitrogens with zero attached hydrogens (tertiary/aromatic N) is 1. The van der Waals surface area contributed by atoms with E-state index in [1.807, 2.05) is 0 Å². The molecule has 1 saturated carbocycles. The first-order valence-corrected chi connectivity index (χ1v) is 13.0. The zero-order valence-corrected chi connectivity index (χ0v) is 22.0. The van der Waals surface area contributed by atoms with Gasteiger partial charge in [-0.25, -0.2) is 0 Å². The summed E-state index contributed by atoms with van der Waals surface area (Å²) in [5, 5.41) is 2.69. The molecule has 28 heavy (non-hydrogen) atoms. The largest absolute Gasteiger partial charge is 3.00 e. The Balaban J connectivity index is 0.00000243. The smallest absolute Gasteiger partial charge is 0.658 e. The van der Waals surface area contributed by atoms with Gasteiger partial charge in [-0.3, -0.25) is 0 Å². The number of fused-ring (bicyclic) bond motifs is 1. The third-order valence-electron chi connectivity index (χ3n) is 7.24. The first-order chi connectivity index (χ1) is 11.7. The second kappa shape index (κ2) is 10.6. The van der Waals surface area contributed by atoms with Crippen LogP contribution >= 0.6 is 0 Å². The molecule has 1 radical (unpaired) electrons. The Labute approximate surface area is 191 Å². The molecule has 1 aliphatic carbocycles. The Morgan fingerprint density at radius 1 is 0.786 bits per heavy atom. The van der Waals surface area contributed by atoms with Gasteiger partial charge in [0.2, 0.25) is 0 Å². The van der Waals surface area contributed by atoms with E-state index in [2.05, 4.69) is 90.2 Å². The summed E-state index contributed by atoms with van der Waals surface area (Å²) in [5.74, 6) is 3.20. The van der Waals surface area contributed by atoms with Crippen LogP contribution in [0.25, 0.3) is 15.8 Å². The molecule has 3 rings (SSSR count). The van der Waals surface area contributed by atoms with Crippen LogP contribution in [0.3, 0.4) is 0 Å². The quantitative estimate of drug-likeness (QED) is 0.342. The summed E-state index contributed by atoms with van der Waals surface area (Å²) in [6, 6.07) is 15.7. The summed E-state index contributed by atoms with van der Waals surface area (Å²) < 4.78 is 0. The fraction of sp³-hybridized carbons (Fsp3) is 0.520. The predicted molar refractivity (Wildman–Crippen MR) is 126 cm³/mol. The SMILES string of the molecule is CC1C(C)C(C)C([Si](C)(C)[N-][C@H](C)c2cccc3ccccc23)C1C.[CH3-].[CH3-].[Ti+3]. The van der Waals surface area contributed by atoms with E-state index in [9.17, 15) is 0 Å². The van der Waals surface area contributed by atoms with E-state index < -0.39 is 8.24 Å². The van der Waals surface area contributed by atoms with Crippen molar-refractivity contribution in [3.05, 3.63) is 67.9 Å². The Bertz CT molecular complexity index is 725. The van der Waals surface area contributed by atoms with E-state index in [-0.39, 0.29) is 42.6 Å². The molecule has 0 aliphatic heterocycles. The maximum atomic E-state index is 5.52. The summed E-state index contributed by atoms with van der Waals surface area (Å²) >= 11 is 0. The summed E-state index contributed by atoms with van der Waals surface area (Å²) in [6.07, 6.45) is 0. The fourth-order valence-corrected chi connectivity index (χ4v) is 10.1. The summed E-state index contributed by atoms with van der Waals surface area (Å²) in [4.78, 5) is 5.52. The summed E-state index contributed by atoms with van der Waals surface area (Å²) in [6.45, 7) is 17.1. The van der Waals surface area contributed by atoms with Gasteiger partial charge in [0.25, 0.3) is 0 Å². The van der Waals surface area contributed by atoms with Crippen molar-refractivity contribution in [1.82, 2.24) is 0 Å². The molecule has 1 fully saturated rings. The zero-order valence-electron chi connectivity index (χ0n) is 19.5. The van der Waals surface area contributed by atoms with Gasteiger partial charge < -0.3 is 19.8 Å². The molecule has 0 saturated heterocycles. The zero-order chi connectivity index (χ0) is 18.4. The molecule has 0 aromatic heterocycles. The van der Waals surface area contributed by atoms with Crippen molar-refractivity contribution in [3.63, 3.8) is 0 Å². The van der Waals surface area contributed by atoms with Gasteiger partial charge >= 0.3 is 21.7 Å². The van der Waals surface area contributed by atoms with E-state index in [0.717, 1.165) is 29.2 Å². The Hall–Kier alpha value is -0.409. The number of hydrogen-bond acceptors (Lipinski definition) is 0. The summed E-state index contributed by atoms with van der Waals surface area (Å²) in [5.41, 5.74) is 2.17. The predicted octanol–water partition coefficient (Wildman–Crippen LogP) is 8.31. The molecule has 2 aromatic rings. The van der Waals surface area contributed by atoms with Crippen LogP contribution in [0.1, 0.15) is 46.2 Å². The third kappa shape index (κ3) is 5.01. The Morgan fingerprint density at radius 3 is 1.86 bits per heavy atom. The van der Waals surface area contributed by atoms with Crippen molar-refractivity contribution in [2.75, 3.05) is 0 Å². The topological polar surface area (TPSA) is 14.1 Å². The Kier molecular flexibility index (Phi) is 10.4. The van der Waals surface area contributed by atoms with Crippen molar-refractivity contribution >= 4 is 19.0 Å². The first-order valence-electron chi connectivity index (χ1n) is 9.93. The van der Waals surface area contributed by atoms with Crippen molar-refractivity contribution in [3.8, 4) is 0 Å². The molecule has 3 heteroatoms. The van der Waals surface area contributed by atoms with E-state index in [0.29, 0.717) is 0 Å². The Morgan fingerprint density at radius 2 is 1.29 bits per heavy atom. The molecule has 153 valence electrons. The van der Waals surface area contributed by atoms with Gasteiger partial charge in [0, 0.05) is 0 Å². The van der Waals surface area contributed by atoms with Crippen molar-refractivity contribution in [1.29, 1.82) is 0 Å². The number of rotatable bonds is 4. The van der Waals surface area contributed by atoms with Gasteiger partial charge in [0.15, 0.2) is 0 Å². The molecule has 5 atom stereocenters. The molecule has 2 aromatic carbocycles. The molecule has 4 unspecified atom stereocenters. The van der Waals surface area contributed by atoms with Crippen molar-refractivity contribution in [2.45, 2.75) is 59.3 Å². The van der Waals surface area contributed by atoms with Crippen LogP contribution in [-0.4, -0.2) is 8.24 Å². The van der Waals surface area contributed by atoms with Crippen LogP contribution in [0.5, 0.6) is 0 Å². The molecule has 0 amide bonds. The average molecular weight is 431 g/mol. The van der Waals surface area contributed by atoms with Gasteiger partial charge in [0.1, 0.15) is 0 Å². The molecule has 0 heterocycles. The molecule has 1 aliphatic rings. The molecule has 0 spiro atoms. The monoisotopic (exact) mass is 430 g/mol. The minimum Gasteiger partial charge on any atom is -0.658 e. The van der Waals surface area contributed by atoms with Crippen LogP contribution < -0.4 is 0 Å². The average Bonchev–Trinajstić information content (AvgIpc) is 2.77. The van der Waals surface area contributed by atoms with E-state index in [1.165, 1.54) is 16.3 Å². The minimum atomic E-state index is -1.69. The first kappa shape index (κ1) is 27.6. The summed E-state index contributed by atoms with van der Waals surface area (Å²) in [7, 11) is -1.69. The van der Waals surface area contributed by atoms with Crippen LogP contribution in [-0.2, 0) is 21.7 Å². The fourth-order valence-electron chi connectivity index (χ4n) is 5.65. The third-order valence-corrected chi connectivity index (χ3v) is 11.0. The maximum Gasteiger partial charge on any atom is 3.00 e. The second-order valence-electron chi connectivity index (χ2n) is 8.99. The van der Waals surface area contributed by atoms with Gasteiger partial charge in [-0.15, -0.1) is 6.04 Å². The molecule has 0 N–H and O–H groups in total.